The van der Waals surface area contributed by atoms with Crippen molar-refractivity contribution in [3.8, 4) is 0 Å². The van der Waals surface area contributed by atoms with Crippen molar-refractivity contribution in [3.63, 3.8) is 0 Å². The zero-order valence-electron chi connectivity index (χ0n) is 4.45. The van der Waals surface area contributed by atoms with Crippen molar-refractivity contribution in [2.45, 2.75) is 24.8 Å². The van der Waals surface area contributed by atoms with Gasteiger partial charge in [0.1, 0.15) is 0 Å². The molecule has 1 heterocycles. The van der Waals surface area contributed by atoms with Gasteiger partial charge in [0.15, 0.2) is 0 Å². The molecule has 1 aliphatic heterocycles. The van der Waals surface area contributed by atoms with E-state index in [1.165, 1.54) is 0 Å². The van der Waals surface area contributed by atoms with Gasteiger partial charge in [-0.05, 0) is 19.9 Å². The summed E-state index contributed by atoms with van der Waals surface area (Å²) in [5.74, 6) is 0. The molecular formula is C5H10ClN. The summed E-state index contributed by atoms with van der Waals surface area (Å²) in [5, 5.41) is 3.61. The van der Waals surface area contributed by atoms with Gasteiger partial charge in [-0.25, -0.2) is 0 Å². The molecule has 0 spiro atoms. The largest absolute Gasteiger partial charge is 0.313 e. The van der Waals surface area contributed by atoms with E-state index >= 15 is 0 Å². The fourth-order valence-corrected chi connectivity index (χ4v) is 1.02. The molecule has 0 aromatic heterocycles. The molecule has 2 heteroatoms. The lowest BCUT2D eigenvalue weighted by Gasteiger charge is -2.03. The average molecular weight is 120 g/mol. The Bertz CT molecular complexity index is 57.1. The standard InChI is InChI=1S/C5H10ClN/c1-4-5(6)2-3-7-4/h4-5,7H,2-3H2,1H3/t4?,5-/m1/s1. The van der Waals surface area contributed by atoms with E-state index in [0.717, 1.165) is 13.0 Å². The van der Waals surface area contributed by atoms with Crippen LogP contribution in [0, 0.1) is 0 Å². The maximum atomic E-state index is 5.80. The predicted molar refractivity (Wildman–Crippen MR) is 31.7 cm³/mol. The summed E-state index contributed by atoms with van der Waals surface area (Å²) < 4.78 is 0. The lowest BCUT2D eigenvalue weighted by atomic mass is 10.2. The molecule has 0 radical (unpaired) electrons. The van der Waals surface area contributed by atoms with Crippen molar-refractivity contribution in [3.05, 3.63) is 0 Å². The molecule has 1 N–H and O–H groups in total. The van der Waals surface area contributed by atoms with Crippen molar-refractivity contribution in [2.24, 2.45) is 0 Å². The number of nitrogens with one attached hydrogen (secondary N) is 1. The Balaban J connectivity index is 2.33. The highest BCUT2D eigenvalue weighted by Gasteiger charge is 2.18. The summed E-state index contributed by atoms with van der Waals surface area (Å²) in [6.45, 7) is 3.21. The highest BCUT2D eigenvalue weighted by atomic mass is 35.5. The zero-order chi connectivity index (χ0) is 5.28. The van der Waals surface area contributed by atoms with E-state index < -0.39 is 0 Å². The van der Waals surface area contributed by atoms with Crippen LogP contribution in [0.1, 0.15) is 13.3 Å². The van der Waals surface area contributed by atoms with Crippen LogP contribution in [0.5, 0.6) is 0 Å². The van der Waals surface area contributed by atoms with E-state index in [2.05, 4.69) is 12.2 Å². The molecule has 0 aromatic carbocycles. The minimum absolute atomic E-state index is 0.375. The third kappa shape index (κ3) is 1.07. The van der Waals surface area contributed by atoms with E-state index in [0.29, 0.717) is 11.4 Å². The van der Waals surface area contributed by atoms with Crippen LogP contribution in [-0.4, -0.2) is 18.0 Å². The minimum Gasteiger partial charge on any atom is -0.313 e. The van der Waals surface area contributed by atoms with Crippen molar-refractivity contribution in [2.75, 3.05) is 6.54 Å². The van der Waals surface area contributed by atoms with E-state index in [1.807, 2.05) is 0 Å². The first-order valence-corrected chi connectivity index (χ1v) is 3.12. The Kier molecular flexibility index (Phi) is 1.55. The van der Waals surface area contributed by atoms with Gasteiger partial charge in [0, 0.05) is 11.4 Å². The second kappa shape index (κ2) is 2.01. The Morgan fingerprint density at radius 2 is 2.43 bits per heavy atom. The van der Waals surface area contributed by atoms with Crippen LogP contribution in [-0.2, 0) is 0 Å². The van der Waals surface area contributed by atoms with Crippen molar-refractivity contribution >= 4 is 11.6 Å². The number of alkyl halides is 1. The summed E-state index contributed by atoms with van der Waals surface area (Å²) >= 11 is 5.80. The third-order valence-electron chi connectivity index (χ3n) is 1.43. The van der Waals surface area contributed by atoms with Gasteiger partial charge >= 0.3 is 0 Å². The predicted octanol–water partition coefficient (Wildman–Crippen LogP) is 0.976. The number of hydrogen-bond acceptors (Lipinski definition) is 1. The van der Waals surface area contributed by atoms with Gasteiger partial charge in [-0.2, -0.15) is 0 Å². The molecule has 1 rings (SSSR count). The van der Waals surface area contributed by atoms with Crippen LogP contribution in [0.4, 0.5) is 0 Å². The van der Waals surface area contributed by atoms with Crippen LogP contribution in [0.25, 0.3) is 0 Å². The zero-order valence-corrected chi connectivity index (χ0v) is 5.20. The lowest BCUT2D eigenvalue weighted by Crippen LogP contribution is -2.22. The number of rotatable bonds is 0. The van der Waals surface area contributed by atoms with Crippen LogP contribution in [0.15, 0.2) is 0 Å². The van der Waals surface area contributed by atoms with Gasteiger partial charge in [0.05, 0.1) is 0 Å². The summed E-state index contributed by atoms with van der Waals surface area (Å²) in [4.78, 5) is 0. The maximum absolute atomic E-state index is 5.80. The SMILES string of the molecule is CC1NCC[C@H]1Cl. The van der Waals surface area contributed by atoms with Gasteiger partial charge in [-0.15, -0.1) is 11.6 Å². The Hall–Kier alpha value is 0.250. The normalized spacial score (nSPS) is 42.0. The van der Waals surface area contributed by atoms with E-state index in [9.17, 15) is 0 Å². The van der Waals surface area contributed by atoms with Gasteiger partial charge < -0.3 is 5.32 Å². The molecule has 1 aliphatic rings. The van der Waals surface area contributed by atoms with Gasteiger partial charge in [-0.1, -0.05) is 0 Å². The summed E-state index contributed by atoms with van der Waals surface area (Å²) in [7, 11) is 0. The van der Waals surface area contributed by atoms with Crippen molar-refractivity contribution < 1.29 is 0 Å². The van der Waals surface area contributed by atoms with Gasteiger partial charge in [0.2, 0.25) is 0 Å². The molecule has 2 atom stereocenters. The fourth-order valence-electron chi connectivity index (χ4n) is 0.827. The molecule has 0 aliphatic carbocycles. The molecule has 0 saturated carbocycles. The van der Waals surface area contributed by atoms with E-state index in [1.54, 1.807) is 0 Å². The van der Waals surface area contributed by atoms with Crippen molar-refractivity contribution in [1.29, 1.82) is 0 Å². The minimum atomic E-state index is 0.375. The van der Waals surface area contributed by atoms with Crippen LogP contribution >= 0.6 is 11.6 Å². The second-order valence-corrected chi connectivity index (χ2v) is 2.61. The van der Waals surface area contributed by atoms with E-state index in [4.69, 9.17) is 11.6 Å². The number of hydrogen-bond donors (Lipinski definition) is 1. The van der Waals surface area contributed by atoms with Crippen LogP contribution in [0.3, 0.4) is 0 Å². The molecule has 7 heavy (non-hydrogen) atoms. The smallest absolute Gasteiger partial charge is 0.0498 e. The fraction of sp³-hybridized carbons (Fsp3) is 1.00. The Morgan fingerprint density at radius 1 is 1.71 bits per heavy atom. The molecule has 0 amide bonds. The molecular weight excluding hydrogens is 110 g/mol. The molecule has 1 nitrogen and oxygen atoms in total. The molecule has 0 aromatic rings. The first kappa shape index (κ1) is 5.39. The second-order valence-electron chi connectivity index (χ2n) is 2.05. The van der Waals surface area contributed by atoms with Crippen molar-refractivity contribution in [1.82, 2.24) is 5.32 Å². The molecule has 1 fully saturated rings. The molecule has 1 unspecified atom stereocenters. The van der Waals surface area contributed by atoms with Crippen LogP contribution in [0.2, 0.25) is 0 Å². The summed E-state index contributed by atoms with van der Waals surface area (Å²) in [6, 6.07) is 0.529. The molecule has 42 valence electrons. The maximum Gasteiger partial charge on any atom is 0.0498 e. The summed E-state index contributed by atoms with van der Waals surface area (Å²) in [6.07, 6.45) is 1.13. The number of halogens is 1. The van der Waals surface area contributed by atoms with Gasteiger partial charge in [0.25, 0.3) is 0 Å². The quantitative estimate of drug-likeness (QED) is 0.469. The van der Waals surface area contributed by atoms with E-state index in [-0.39, 0.29) is 0 Å². The topological polar surface area (TPSA) is 12.0 Å². The Morgan fingerprint density at radius 3 is 2.57 bits per heavy atom. The molecule has 0 bridgehead atoms. The molecule has 1 saturated heterocycles. The monoisotopic (exact) mass is 119 g/mol. The summed E-state index contributed by atoms with van der Waals surface area (Å²) in [5.41, 5.74) is 0. The first-order valence-electron chi connectivity index (χ1n) is 2.68. The highest BCUT2D eigenvalue weighted by molar-refractivity contribution is 6.21. The van der Waals surface area contributed by atoms with Crippen LogP contribution < -0.4 is 5.32 Å². The Labute approximate surface area is 49.0 Å². The highest BCUT2D eigenvalue weighted by Crippen LogP contribution is 2.11. The average Bonchev–Trinajstić information content (AvgIpc) is 1.91. The first-order chi connectivity index (χ1) is 3.30. The third-order valence-corrected chi connectivity index (χ3v) is 2.03. The lowest BCUT2D eigenvalue weighted by molar-refractivity contribution is 0.669. The van der Waals surface area contributed by atoms with Gasteiger partial charge in [-0.3, -0.25) is 0 Å².